The normalized spacial score (nSPS) is 32.8. The molecule has 2 fully saturated rings. The number of fused-ring (bicyclic) bond motifs is 1. The zero-order valence-corrected chi connectivity index (χ0v) is 10.7. The van der Waals surface area contributed by atoms with Crippen LogP contribution in [0.1, 0.15) is 31.1 Å². The van der Waals surface area contributed by atoms with Crippen molar-refractivity contribution < 1.29 is 22.6 Å². The molecular formula is C14H15F3O2. The number of rotatable bonds is 1. The molecule has 0 radical (unpaired) electrons. The molecular weight excluding hydrogens is 257 g/mol. The molecule has 1 aromatic rings. The van der Waals surface area contributed by atoms with Crippen molar-refractivity contribution in [3.8, 4) is 0 Å². The standard InChI is InChI=1S/C14H15F3O2/c1-13(2)11(18-7-10-12(13)19-10)8-3-5-9(6-4-8)14(15,16)17/h3-6,10-12H,7H2,1-2H3/t10-,11+,12-/m1/s1. The van der Waals surface area contributed by atoms with Gasteiger partial charge in [-0.15, -0.1) is 0 Å². The molecule has 19 heavy (non-hydrogen) atoms. The SMILES string of the molecule is CC1(C)[C@@H]2O[C@@H]2CO[C@H]1c1ccc(C(F)(F)F)cc1. The van der Waals surface area contributed by atoms with Gasteiger partial charge in [0.1, 0.15) is 6.10 Å². The predicted molar refractivity (Wildman–Crippen MR) is 62.6 cm³/mol. The van der Waals surface area contributed by atoms with Crippen LogP contribution in [0.2, 0.25) is 0 Å². The largest absolute Gasteiger partial charge is 0.416 e. The Balaban J connectivity index is 1.86. The average molecular weight is 272 g/mol. The summed E-state index contributed by atoms with van der Waals surface area (Å²) in [5.74, 6) is 0. The Morgan fingerprint density at radius 1 is 1.16 bits per heavy atom. The third kappa shape index (κ3) is 2.15. The highest BCUT2D eigenvalue weighted by atomic mass is 19.4. The van der Waals surface area contributed by atoms with Crippen LogP contribution in [0.25, 0.3) is 0 Å². The van der Waals surface area contributed by atoms with Gasteiger partial charge in [-0.2, -0.15) is 13.2 Å². The lowest BCUT2D eigenvalue weighted by Gasteiger charge is -2.36. The summed E-state index contributed by atoms with van der Waals surface area (Å²) in [4.78, 5) is 0. The maximum Gasteiger partial charge on any atom is 0.416 e. The van der Waals surface area contributed by atoms with Gasteiger partial charge in [-0.3, -0.25) is 0 Å². The van der Waals surface area contributed by atoms with Gasteiger partial charge in [0.05, 0.1) is 24.4 Å². The summed E-state index contributed by atoms with van der Waals surface area (Å²) in [6.45, 7) is 4.57. The van der Waals surface area contributed by atoms with Crippen molar-refractivity contribution in [1.82, 2.24) is 0 Å². The monoisotopic (exact) mass is 272 g/mol. The maximum absolute atomic E-state index is 12.5. The Bertz CT molecular complexity index is 478. The first-order valence-electron chi connectivity index (χ1n) is 6.24. The van der Waals surface area contributed by atoms with E-state index in [9.17, 15) is 13.2 Å². The molecule has 2 nitrogen and oxygen atoms in total. The van der Waals surface area contributed by atoms with E-state index in [0.717, 1.165) is 17.7 Å². The molecule has 0 unspecified atom stereocenters. The van der Waals surface area contributed by atoms with Gasteiger partial charge >= 0.3 is 6.18 Å². The first kappa shape index (κ1) is 12.9. The summed E-state index contributed by atoms with van der Waals surface area (Å²) < 4.78 is 48.9. The summed E-state index contributed by atoms with van der Waals surface area (Å²) in [5, 5.41) is 0. The molecule has 2 heterocycles. The topological polar surface area (TPSA) is 21.8 Å². The fourth-order valence-corrected chi connectivity index (χ4v) is 2.85. The lowest BCUT2D eigenvalue weighted by Crippen LogP contribution is -2.36. The van der Waals surface area contributed by atoms with Crippen LogP contribution in [0.3, 0.4) is 0 Å². The fraction of sp³-hybridized carbons (Fsp3) is 0.571. The van der Waals surface area contributed by atoms with Crippen LogP contribution >= 0.6 is 0 Å². The van der Waals surface area contributed by atoms with Crippen molar-refractivity contribution in [3.05, 3.63) is 35.4 Å². The number of ether oxygens (including phenoxy) is 2. The average Bonchev–Trinajstić information content (AvgIpc) is 3.09. The van der Waals surface area contributed by atoms with Crippen molar-refractivity contribution in [2.24, 2.45) is 5.41 Å². The molecule has 0 saturated carbocycles. The highest BCUT2D eigenvalue weighted by molar-refractivity contribution is 5.28. The van der Waals surface area contributed by atoms with E-state index in [1.54, 1.807) is 0 Å². The second-order valence-electron chi connectivity index (χ2n) is 5.75. The summed E-state index contributed by atoms with van der Waals surface area (Å²) in [5.41, 5.74) is -0.0831. The van der Waals surface area contributed by atoms with E-state index in [2.05, 4.69) is 0 Å². The van der Waals surface area contributed by atoms with Gasteiger partial charge in [0.2, 0.25) is 0 Å². The number of hydrogen-bond donors (Lipinski definition) is 0. The molecule has 0 spiro atoms. The molecule has 1 aromatic carbocycles. The van der Waals surface area contributed by atoms with E-state index in [1.807, 2.05) is 13.8 Å². The Hall–Kier alpha value is -1.07. The lowest BCUT2D eigenvalue weighted by molar-refractivity contribution is -0.137. The van der Waals surface area contributed by atoms with Gasteiger partial charge in [0.25, 0.3) is 0 Å². The minimum Gasteiger partial charge on any atom is -0.370 e. The molecule has 3 rings (SSSR count). The molecule has 0 aliphatic carbocycles. The van der Waals surface area contributed by atoms with Crippen molar-refractivity contribution in [2.75, 3.05) is 6.61 Å². The van der Waals surface area contributed by atoms with Crippen LogP contribution in [-0.4, -0.2) is 18.8 Å². The van der Waals surface area contributed by atoms with Gasteiger partial charge in [-0.25, -0.2) is 0 Å². The summed E-state index contributed by atoms with van der Waals surface area (Å²) in [7, 11) is 0. The zero-order valence-electron chi connectivity index (χ0n) is 10.7. The molecule has 5 heteroatoms. The second-order valence-corrected chi connectivity index (χ2v) is 5.75. The molecule has 0 amide bonds. The molecule has 2 aliphatic heterocycles. The summed E-state index contributed by atoms with van der Waals surface area (Å²) in [6, 6.07) is 5.21. The van der Waals surface area contributed by atoms with Crippen molar-refractivity contribution >= 4 is 0 Å². The van der Waals surface area contributed by atoms with Gasteiger partial charge in [0.15, 0.2) is 0 Å². The molecule has 104 valence electrons. The van der Waals surface area contributed by atoms with Crippen molar-refractivity contribution in [3.63, 3.8) is 0 Å². The smallest absolute Gasteiger partial charge is 0.370 e. The third-order valence-electron chi connectivity index (χ3n) is 3.96. The van der Waals surface area contributed by atoms with E-state index in [0.29, 0.717) is 6.61 Å². The van der Waals surface area contributed by atoms with E-state index >= 15 is 0 Å². The second kappa shape index (κ2) is 3.96. The Labute approximate surface area is 109 Å². The number of hydrogen-bond acceptors (Lipinski definition) is 2. The minimum atomic E-state index is -4.30. The molecule has 2 aliphatic rings. The van der Waals surface area contributed by atoms with E-state index < -0.39 is 11.7 Å². The first-order chi connectivity index (χ1) is 8.80. The van der Waals surface area contributed by atoms with E-state index in [4.69, 9.17) is 9.47 Å². The van der Waals surface area contributed by atoms with Crippen LogP contribution < -0.4 is 0 Å². The summed E-state index contributed by atoms with van der Waals surface area (Å²) >= 11 is 0. The van der Waals surface area contributed by atoms with Crippen LogP contribution in [-0.2, 0) is 15.7 Å². The predicted octanol–water partition coefficient (Wildman–Crippen LogP) is 3.57. The van der Waals surface area contributed by atoms with Gasteiger partial charge in [-0.05, 0) is 17.7 Å². The maximum atomic E-state index is 12.5. The van der Waals surface area contributed by atoms with E-state index in [-0.39, 0.29) is 23.7 Å². The number of epoxide rings is 1. The fourth-order valence-electron chi connectivity index (χ4n) is 2.85. The van der Waals surface area contributed by atoms with Crippen LogP contribution in [0.5, 0.6) is 0 Å². The molecule has 2 saturated heterocycles. The highest BCUT2D eigenvalue weighted by Gasteiger charge is 2.57. The Morgan fingerprint density at radius 3 is 2.37 bits per heavy atom. The molecule has 0 aromatic heterocycles. The minimum absolute atomic E-state index is 0.147. The van der Waals surface area contributed by atoms with Gasteiger partial charge in [-0.1, -0.05) is 26.0 Å². The Morgan fingerprint density at radius 2 is 1.79 bits per heavy atom. The highest BCUT2D eigenvalue weighted by Crippen LogP contribution is 2.52. The lowest BCUT2D eigenvalue weighted by atomic mass is 9.77. The number of halogens is 3. The van der Waals surface area contributed by atoms with Crippen LogP contribution in [0.4, 0.5) is 13.2 Å². The summed E-state index contributed by atoms with van der Waals surface area (Å²) in [6.07, 6.45) is -4.22. The van der Waals surface area contributed by atoms with Crippen molar-refractivity contribution in [1.29, 1.82) is 0 Å². The van der Waals surface area contributed by atoms with Gasteiger partial charge < -0.3 is 9.47 Å². The van der Waals surface area contributed by atoms with E-state index in [1.165, 1.54) is 12.1 Å². The first-order valence-corrected chi connectivity index (χ1v) is 6.24. The Kier molecular flexibility index (Phi) is 2.70. The van der Waals surface area contributed by atoms with Gasteiger partial charge in [0, 0.05) is 5.41 Å². The van der Waals surface area contributed by atoms with Crippen molar-refractivity contribution in [2.45, 2.75) is 38.3 Å². The quantitative estimate of drug-likeness (QED) is 0.729. The number of benzene rings is 1. The molecule has 0 bridgehead atoms. The van der Waals surface area contributed by atoms with Crippen LogP contribution in [0.15, 0.2) is 24.3 Å². The molecule has 0 N–H and O–H groups in total. The molecule has 3 atom stereocenters. The zero-order chi connectivity index (χ0) is 13.8. The van der Waals surface area contributed by atoms with Crippen LogP contribution in [0, 0.1) is 5.41 Å². The third-order valence-corrected chi connectivity index (χ3v) is 3.96. The number of alkyl halides is 3.